The van der Waals surface area contributed by atoms with Gasteiger partial charge in [0.2, 0.25) is 0 Å². The molecule has 4 aromatic rings. The number of aliphatic hydroxyl groups is 1. The Morgan fingerprint density at radius 2 is 1.80 bits per heavy atom. The third-order valence-electron chi connectivity index (χ3n) is 7.07. The number of carbonyl (C=O) groups excluding carboxylic acids is 1. The van der Waals surface area contributed by atoms with Gasteiger partial charge in [-0.05, 0) is 65.8 Å². The first-order valence-electron chi connectivity index (χ1n) is 12.1. The van der Waals surface area contributed by atoms with E-state index in [1.807, 2.05) is 53.1 Å². The zero-order valence-electron chi connectivity index (χ0n) is 19.6. The maximum Gasteiger partial charge on any atom is 0.268 e. The molecule has 1 aliphatic carbocycles. The fraction of sp³-hybridized carbons (Fsp3) is 0.286. The van der Waals surface area contributed by atoms with E-state index in [0.717, 1.165) is 58.5 Å². The van der Waals surface area contributed by atoms with Gasteiger partial charge in [-0.15, -0.1) is 0 Å². The van der Waals surface area contributed by atoms with Crippen LogP contribution in [0, 0.1) is 5.41 Å². The number of benzene rings is 3. The van der Waals surface area contributed by atoms with E-state index in [4.69, 9.17) is 16.9 Å². The van der Waals surface area contributed by atoms with Crippen LogP contribution in [0.25, 0.3) is 21.7 Å². The first kappa shape index (κ1) is 23.1. The van der Waals surface area contributed by atoms with Gasteiger partial charge in [-0.3, -0.25) is 10.2 Å². The molecule has 7 N–H and O–H groups in total. The molecule has 1 amide bonds. The fourth-order valence-electron chi connectivity index (χ4n) is 5.15. The minimum absolute atomic E-state index is 0.0167. The molecule has 5 rings (SSSR count). The summed E-state index contributed by atoms with van der Waals surface area (Å²) in [6.45, 7) is 0.382. The van der Waals surface area contributed by atoms with E-state index in [-0.39, 0.29) is 30.4 Å². The van der Waals surface area contributed by atoms with Gasteiger partial charge in [-0.2, -0.15) is 0 Å². The topological polar surface area (TPSA) is 130 Å². The summed E-state index contributed by atoms with van der Waals surface area (Å²) >= 11 is 0. The average Bonchev–Trinajstić information content (AvgIpc) is 3.23. The van der Waals surface area contributed by atoms with Gasteiger partial charge in [0.25, 0.3) is 5.91 Å². The number of nitrogens with zero attached hydrogens (tertiary/aromatic N) is 1. The number of fused-ring (bicyclic) bond motifs is 2. The maximum atomic E-state index is 13.5. The van der Waals surface area contributed by atoms with Crippen molar-refractivity contribution in [1.29, 1.82) is 5.41 Å². The second-order valence-electron chi connectivity index (χ2n) is 9.52. The van der Waals surface area contributed by atoms with E-state index in [9.17, 15) is 9.90 Å². The third kappa shape index (κ3) is 4.65. The molecule has 35 heavy (non-hydrogen) atoms. The van der Waals surface area contributed by atoms with Crippen LogP contribution in [-0.2, 0) is 13.2 Å². The van der Waals surface area contributed by atoms with E-state index >= 15 is 0 Å². The lowest BCUT2D eigenvalue weighted by molar-refractivity contribution is 0.0917. The molecule has 1 fully saturated rings. The molecule has 0 unspecified atom stereocenters. The van der Waals surface area contributed by atoms with Crippen molar-refractivity contribution in [2.75, 3.05) is 0 Å². The van der Waals surface area contributed by atoms with Crippen LogP contribution < -0.4 is 16.8 Å². The SMILES string of the molecule is N=C(N)c1ccc2cc(C(=O)NC3CCC(N)CC3)n(Cc3cc(CO)cc4ccccc34)c2c1. The second-order valence-corrected chi connectivity index (χ2v) is 9.52. The molecule has 0 atom stereocenters. The summed E-state index contributed by atoms with van der Waals surface area (Å²) in [5.74, 6) is -0.134. The van der Waals surface area contributed by atoms with Gasteiger partial charge in [0, 0.05) is 35.1 Å². The highest BCUT2D eigenvalue weighted by atomic mass is 16.3. The Kier molecular flexibility index (Phi) is 6.28. The van der Waals surface area contributed by atoms with Crippen LogP contribution in [0.1, 0.15) is 52.9 Å². The lowest BCUT2D eigenvalue weighted by Crippen LogP contribution is -2.41. The standard InChI is InChI=1S/C28H31N5O2/c29-22-7-9-23(10-8-22)32-28(35)26-13-19-5-6-20(27(30)31)14-25(19)33(26)15-21-12-17(16-34)11-18-3-1-2-4-24(18)21/h1-6,11-14,22-23,34H,7-10,15-16,29H2,(H3,30,31)(H,32,35). The Balaban J connectivity index is 1.60. The molecule has 1 heterocycles. The highest BCUT2D eigenvalue weighted by Crippen LogP contribution is 2.28. The molecule has 1 saturated carbocycles. The quantitative estimate of drug-likeness (QED) is 0.218. The molecular weight excluding hydrogens is 438 g/mol. The summed E-state index contributed by atoms with van der Waals surface area (Å²) in [7, 11) is 0. The number of hydrogen-bond donors (Lipinski definition) is 5. The summed E-state index contributed by atoms with van der Waals surface area (Å²) in [6, 6.07) is 19.8. The van der Waals surface area contributed by atoms with Crippen molar-refractivity contribution in [2.45, 2.75) is 50.9 Å². The van der Waals surface area contributed by atoms with Crippen molar-refractivity contribution >= 4 is 33.4 Å². The van der Waals surface area contributed by atoms with Gasteiger partial charge in [-0.25, -0.2) is 0 Å². The van der Waals surface area contributed by atoms with Gasteiger partial charge in [0.05, 0.1) is 6.61 Å². The van der Waals surface area contributed by atoms with Crippen molar-refractivity contribution in [1.82, 2.24) is 9.88 Å². The number of nitrogens with two attached hydrogens (primary N) is 2. The summed E-state index contributed by atoms with van der Waals surface area (Å²) in [5.41, 5.74) is 15.7. The Morgan fingerprint density at radius 1 is 1.03 bits per heavy atom. The molecule has 0 radical (unpaired) electrons. The Bertz CT molecular complexity index is 1420. The minimum Gasteiger partial charge on any atom is -0.392 e. The first-order valence-corrected chi connectivity index (χ1v) is 12.1. The molecule has 180 valence electrons. The molecule has 0 spiro atoms. The first-order chi connectivity index (χ1) is 16.9. The molecule has 1 aromatic heterocycles. The zero-order chi connectivity index (χ0) is 24.5. The smallest absolute Gasteiger partial charge is 0.268 e. The Morgan fingerprint density at radius 3 is 2.54 bits per heavy atom. The van der Waals surface area contributed by atoms with E-state index in [1.165, 1.54) is 0 Å². The lowest BCUT2D eigenvalue weighted by atomic mass is 9.92. The number of nitrogen functional groups attached to an aromatic ring is 1. The van der Waals surface area contributed by atoms with Gasteiger partial charge in [-0.1, -0.05) is 42.5 Å². The predicted molar refractivity (Wildman–Crippen MR) is 140 cm³/mol. The highest BCUT2D eigenvalue weighted by Gasteiger charge is 2.23. The van der Waals surface area contributed by atoms with E-state index in [2.05, 4.69) is 11.4 Å². The number of rotatable bonds is 6. The molecule has 0 aliphatic heterocycles. The maximum absolute atomic E-state index is 13.5. The zero-order valence-corrected chi connectivity index (χ0v) is 19.6. The van der Waals surface area contributed by atoms with Gasteiger partial charge >= 0.3 is 0 Å². The molecule has 3 aromatic carbocycles. The Labute approximate surface area is 204 Å². The second kappa shape index (κ2) is 9.52. The Hall–Kier alpha value is -3.68. The van der Waals surface area contributed by atoms with Crippen LogP contribution >= 0.6 is 0 Å². The molecule has 0 bridgehead atoms. The van der Waals surface area contributed by atoms with Crippen LogP contribution in [-0.4, -0.2) is 33.5 Å². The molecule has 7 nitrogen and oxygen atoms in total. The van der Waals surface area contributed by atoms with E-state index in [0.29, 0.717) is 17.8 Å². The minimum atomic E-state index is -0.117. The van der Waals surface area contributed by atoms with Gasteiger partial charge < -0.3 is 26.5 Å². The largest absolute Gasteiger partial charge is 0.392 e. The van der Waals surface area contributed by atoms with Gasteiger partial charge in [0.15, 0.2) is 0 Å². The monoisotopic (exact) mass is 469 g/mol. The van der Waals surface area contributed by atoms with E-state index < -0.39 is 0 Å². The molecular formula is C28H31N5O2. The lowest BCUT2D eigenvalue weighted by Gasteiger charge is -2.27. The number of amidine groups is 1. The number of aliphatic hydroxyl groups excluding tert-OH is 1. The normalized spacial score (nSPS) is 18.1. The fourth-order valence-corrected chi connectivity index (χ4v) is 5.15. The summed E-state index contributed by atoms with van der Waals surface area (Å²) in [4.78, 5) is 13.5. The van der Waals surface area contributed by atoms with Crippen LogP contribution in [0.2, 0.25) is 0 Å². The van der Waals surface area contributed by atoms with Crippen molar-refractivity contribution < 1.29 is 9.90 Å². The number of carbonyl (C=O) groups is 1. The van der Waals surface area contributed by atoms with Crippen LogP contribution in [0.3, 0.4) is 0 Å². The van der Waals surface area contributed by atoms with Crippen molar-refractivity contribution in [3.05, 3.63) is 83.0 Å². The summed E-state index contributed by atoms with van der Waals surface area (Å²) in [6.07, 6.45) is 3.58. The third-order valence-corrected chi connectivity index (χ3v) is 7.07. The van der Waals surface area contributed by atoms with Crippen LogP contribution in [0.4, 0.5) is 0 Å². The van der Waals surface area contributed by atoms with E-state index in [1.54, 1.807) is 6.07 Å². The van der Waals surface area contributed by atoms with Crippen molar-refractivity contribution in [3.8, 4) is 0 Å². The number of aromatic nitrogens is 1. The van der Waals surface area contributed by atoms with Crippen molar-refractivity contribution in [3.63, 3.8) is 0 Å². The molecule has 7 heteroatoms. The van der Waals surface area contributed by atoms with Crippen LogP contribution in [0.5, 0.6) is 0 Å². The number of nitrogens with one attached hydrogen (secondary N) is 2. The summed E-state index contributed by atoms with van der Waals surface area (Å²) in [5, 5.41) is 24.0. The number of amides is 1. The summed E-state index contributed by atoms with van der Waals surface area (Å²) < 4.78 is 1.99. The molecule has 0 saturated heterocycles. The van der Waals surface area contributed by atoms with Gasteiger partial charge in [0.1, 0.15) is 11.5 Å². The highest BCUT2D eigenvalue weighted by molar-refractivity contribution is 6.02. The average molecular weight is 470 g/mol. The predicted octanol–water partition coefficient (Wildman–Crippen LogP) is 3.62. The molecule has 1 aliphatic rings. The van der Waals surface area contributed by atoms with Crippen LogP contribution in [0.15, 0.2) is 60.7 Å². The number of hydrogen-bond acceptors (Lipinski definition) is 4. The van der Waals surface area contributed by atoms with Crippen molar-refractivity contribution in [2.24, 2.45) is 11.5 Å².